The van der Waals surface area contributed by atoms with Crippen LogP contribution in [0.1, 0.15) is 56.1 Å². The predicted octanol–water partition coefficient (Wildman–Crippen LogP) is 5.32. The van der Waals surface area contributed by atoms with Gasteiger partial charge in [0.2, 0.25) is 0 Å². The van der Waals surface area contributed by atoms with Crippen molar-refractivity contribution in [3.63, 3.8) is 0 Å². The Morgan fingerprint density at radius 2 is 1.58 bits per heavy atom. The van der Waals surface area contributed by atoms with E-state index in [-0.39, 0.29) is 0 Å². The van der Waals surface area contributed by atoms with Crippen LogP contribution >= 0.6 is 0 Å². The lowest BCUT2D eigenvalue weighted by atomic mass is 9.92. The molecule has 0 aromatic heterocycles. The third-order valence-electron chi connectivity index (χ3n) is 4.48. The van der Waals surface area contributed by atoms with Crippen LogP contribution in [0.3, 0.4) is 0 Å². The summed E-state index contributed by atoms with van der Waals surface area (Å²) in [5.74, 6) is 1.34. The number of hydrogen-bond acceptors (Lipinski definition) is 2. The van der Waals surface area contributed by atoms with E-state index in [1.807, 2.05) is 6.07 Å². The summed E-state index contributed by atoms with van der Waals surface area (Å²) < 4.78 is 5.83. The SMILES string of the molecule is CCCCCCCOc1ccc(CC(CN)c2ccccc2)cc1. The van der Waals surface area contributed by atoms with E-state index in [1.54, 1.807) is 0 Å². The molecule has 0 heterocycles. The third-order valence-corrected chi connectivity index (χ3v) is 4.48. The molecule has 24 heavy (non-hydrogen) atoms. The first-order valence-corrected chi connectivity index (χ1v) is 9.30. The molecule has 0 amide bonds. The van der Waals surface area contributed by atoms with Crippen molar-refractivity contribution in [2.45, 2.75) is 51.4 Å². The van der Waals surface area contributed by atoms with E-state index in [4.69, 9.17) is 10.5 Å². The van der Waals surface area contributed by atoms with Crippen molar-refractivity contribution in [3.8, 4) is 5.75 Å². The molecule has 2 nitrogen and oxygen atoms in total. The van der Waals surface area contributed by atoms with Gasteiger partial charge in [0.05, 0.1) is 6.61 Å². The average Bonchev–Trinajstić information content (AvgIpc) is 2.64. The molecular formula is C22H31NO. The summed E-state index contributed by atoms with van der Waals surface area (Å²) in [5, 5.41) is 0. The summed E-state index contributed by atoms with van der Waals surface area (Å²) >= 11 is 0. The van der Waals surface area contributed by atoms with E-state index >= 15 is 0 Å². The van der Waals surface area contributed by atoms with Crippen LogP contribution in [0.5, 0.6) is 5.75 Å². The van der Waals surface area contributed by atoms with Gasteiger partial charge in [-0.15, -0.1) is 0 Å². The fourth-order valence-electron chi connectivity index (χ4n) is 2.96. The molecule has 0 aliphatic rings. The summed E-state index contributed by atoms with van der Waals surface area (Å²) in [6.07, 6.45) is 7.32. The summed E-state index contributed by atoms with van der Waals surface area (Å²) in [7, 11) is 0. The summed E-state index contributed by atoms with van der Waals surface area (Å²) in [5.41, 5.74) is 8.60. The second-order valence-electron chi connectivity index (χ2n) is 6.45. The number of nitrogens with two attached hydrogens (primary N) is 1. The molecule has 2 aromatic carbocycles. The molecule has 0 aliphatic carbocycles. The molecular weight excluding hydrogens is 294 g/mol. The molecule has 2 N–H and O–H groups in total. The third kappa shape index (κ3) is 6.37. The standard InChI is InChI=1S/C22H31NO/c1-2-3-4-5-9-16-24-22-14-12-19(13-15-22)17-21(18-23)20-10-7-6-8-11-20/h6-8,10-15,21H,2-5,9,16-18,23H2,1H3. The molecule has 0 fully saturated rings. The number of hydrogen-bond donors (Lipinski definition) is 1. The Hall–Kier alpha value is -1.80. The minimum atomic E-state index is 0.372. The van der Waals surface area contributed by atoms with Gasteiger partial charge in [0, 0.05) is 5.92 Å². The van der Waals surface area contributed by atoms with Gasteiger partial charge in [-0.05, 0) is 42.6 Å². The monoisotopic (exact) mass is 325 g/mol. The molecule has 0 aliphatic heterocycles. The molecule has 0 bridgehead atoms. The maximum Gasteiger partial charge on any atom is 0.119 e. The van der Waals surface area contributed by atoms with Crippen molar-refractivity contribution in [2.24, 2.45) is 5.73 Å². The highest BCUT2D eigenvalue weighted by atomic mass is 16.5. The van der Waals surface area contributed by atoms with E-state index in [2.05, 4.69) is 55.5 Å². The van der Waals surface area contributed by atoms with Gasteiger partial charge in [-0.2, -0.15) is 0 Å². The maximum atomic E-state index is 5.97. The van der Waals surface area contributed by atoms with Crippen LogP contribution in [-0.2, 0) is 6.42 Å². The Bertz CT molecular complexity index is 550. The fraction of sp³-hybridized carbons (Fsp3) is 0.455. The first kappa shape index (κ1) is 18.5. The van der Waals surface area contributed by atoms with Gasteiger partial charge in [-0.1, -0.05) is 75.1 Å². The second kappa shape index (κ2) is 10.9. The predicted molar refractivity (Wildman–Crippen MR) is 103 cm³/mol. The minimum Gasteiger partial charge on any atom is -0.494 e. The smallest absolute Gasteiger partial charge is 0.119 e. The van der Waals surface area contributed by atoms with Gasteiger partial charge in [0.1, 0.15) is 5.75 Å². The van der Waals surface area contributed by atoms with Crippen molar-refractivity contribution in [1.29, 1.82) is 0 Å². The summed E-state index contributed by atoms with van der Waals surface area (Å²) in [6, 6.07) is 19.0. The number of ether oxygens (including phenoxy) is 1. The van der Waals surface area contributed by atoms with E-state index < -0.39 is 0 Å². The van der Waals surface area contributed by atoms with Crippen molar-refractivity contribution in [2.75, 3.05) is 13.2 Å². The maximum absolute atomic E-state index is 5.97. The number of benzene rings is 2. The zero-order chi connectivity index (χ0) is 17.0. The van der Waals surface area contributed by atoms with Crippen LogP contribution in [0.2, 0.25) is 0 Å². The zero-order valence-corrected chi connectivity index (χ0v) is 14.9. The quantitative estimate of drug-likeness (QED) is 0.567. The average molecular weight is 325 g/mol. The van der Waals surface area contributed by atoms with E-state index in [0.717, 1.165) is 25.2 Å². The normalized spacial score (nSPS) is 12.1. The van der Waals surface area contributed by atoms with Crippen LogP contribution in [0.15, 0.2) is 54.6 Å². The van der Waals surface area contributed by atoms with Gasteiger partial charge in [0.15, 0.2) is 0 Å². The number of unbranched alkanes of at least 4 members (excludes halogenated alkanes) is 4. The van der Waals surface area contributed by atoms with Crippen molar-refractivity contribution in [3.05, 3.63) is 65.7 Å². The first-order valence-electron chi connectivity index (χ1n) is 9.30. The molecule has 2 heteroatoms. The molecule has 0 spiro atoms. The Morgan fingerprint density at radius 3 is 2.25 bits per heavy atom. The van der Waals surface area contributed by atoms with Crippen LogP contribution in [0, 0.1) is 0 Å². The van der Waals surface area contributed by atoms with E-state index in [9.17, 15) is 0 Å². The summed E-state index contributed by atoms with van der Waals surface area (Å²) in [4.78, 5) is 0. The van der Waals surface area contributed by atoms with Crippen molar-refractivity contribution >= 4 is 0 Å². The van der Waals surface area contributed by atoms with Gasteiger partial charge in [-0.25, -0.2) is 0 Å². The summed E-state index contributed by atoms with van der Waals surface area (Å²) in [6.45, 7) is 3.73. The largest absolute Gasteiger partial charge is 0.494 e. The molecule has 130 valence electrons. The molecule has 1 unspecified atom stereocenters. The highest BCUT2D eigenvalue weighted by Crippen LogP contribution is 2.21. The molecule has 2 aromatic rings. The van der Waals surface area contributed by atoms with Gasteiger partial charge >= 0.3 is 0 Å². The van der Waals surface area contributed by atoms with Gasteiger partial charge < -0.3 is 10.5 Å². The Morgan fingerprint density at radius 1 is 0.875 bits per heavy atom. The van der Waals surface area contributed by atoms with Crippen LogP contribution in [0.25, 0.3) is 0 Å². The first-order chi connectivity index (χ1) is 11.8. The van der Waals surface area contributed by atoms with Gasteiger partial charge in [-0.3, -0.25) is 0 Å². The Balaban J connectivity index is 1.79. The molecule has 0 saturated heterocycles. The van der Waals surface area contributed by atoms with Crippen LogP contribution in [0.4, 0.5) is 0 Å². The number of rotatable bonds is 11. The zero-order valence-electron chi connectivity index (χ0n) is 14.9. The lowest BCUT2D eigenvalue weighted by Crippen LogP contribution is -2.14. The van der Waals surface area contributed by atoms with Crippen molar-refractivity contribution < 1.29 is 4.74 Å². The molecule has 0 saturated carbocycles. The van der Waals surface area contributed by atoms with Crippen molar-refractivity contribution in [1.82, 2.24) is 0 Å². The van der Waals surface area contributed by atoms with Gasteiger partial charge in [0.25, 0.3) is 0 Å². The Kier molecular flexibility index (Phi) is 8.40. The second-order valence-corrected chi connectivity index (χ2v) is 6.45. The van der Waals surface area contributed by atoms with Crippen LogP contribution < -0.4 is 10.5 Å². The lowest BCUT2D eigenvalue weighted by Gasteiger charge is -2.15. The van der Waals surface area contributed by atoms with Crippen LogP contribution in [-0.4, -0.2) is 13.2 Å². The fourth-order valence-corrected chi connectivity index (χ4v) is 2.96. The highest BCUT2D eigenvalue weighted by molar-refractivity contribution is 5.30. The highest BCUT2D eigenvalue weighted by Gasteiger charge is 2.10. The molecule has 0 radical (unpaired) electrons. The van der Waals surface area contributed by atoms with E-state index in [1.165, 1.54) is 36.8 Å². The minimum absolute atomic E-state index is 0.372. The molecule has 2 rings (SSSR count). The lowest BCUT2D eigenvalue weighted by molar-refractivity contribution is 0.304. The van der Waals surface area contributed by atoms with E-state index in [0.29, 0.717) is 12.5 Å². The Labute approximate surface area is 147 Å². The topological polar surface area (TPSA) is 35.2 Å². The molecule has 1 atom stereocenters.